The highest BCUT2D eigenvalue weighted by Crippen LogP contribution is 2.38. The summed E-state index contributed by atoms with van der Waals surface area (Å²) in [5, 5.41) is 21.6. The average Bonchev–Trinajstić information content (AvgIpc) is 2.85. The molecule has 0 atom stereocenters. The summed E-state index contributed by atoms with van der Waals surface area (Å²) in [7, 11) is 0. The Balaban J connectivity index is 2.09. The fourth-order valence-corrected chi connectivity index (χ4v) is 3.03. The fourth-order valence-electron chi connectivity index (χ4n) is 1.95. The van der Waals surface area contributed by atoms with Crippen molar-refractivity contribution in [3.63, 3.8) is 0 Å². The van der Waals surface area contributed by atoms with Crippen LogP contribution in [0.1, 0.15) is 10.5 Å². The predicted molar refractivity (Wildman–Crippen MR) is 76.6 cm³/mol. The van der Waals surface area contributed by atoms with Gasteiger partial charge in [-0.1, -0.05) is 0 Å². The number of carbonyl (C=O) groups is 2. The summed E-state index contributed by atoms with van der Waals surface area (Å²) in [6.45, 7) is -0.536. The van der Waals surface area contributed by atoms with Crippen LogP contribution in [0.3, 0.4) is 0 Å². The molecule has 3 N–H and O–H groups in total. The van der Waals surface area contributed by atoms with Gasteiger partial charge in [0.25, 0.3) is 5.91 Å². The van der Waals surface area contributed by atoms with Crippen LogP contribution in [-0.2, 0) is 4.79 Å². The summed E-state index contributed by atoms with van der Waals surface area (Å²) >= 11 is 1.30. The number of nitrogens with zero attached hydrogens (tertiary/aromatic N) is 2. The molecule has 8 heteroatoms. The molecule has 0 saturated heterocycles. The number of aromatic nitrogens is 2. The van der Waals surface area contributed by atoms with Gasteiger partial charge in [0.05, 0.1) is 14.9 Å². The van der Waals surface area contributed by atoms with Crippen LogP contribution in [0.2, 0.25) is 0 Å². The van der Waals surface area contributed by atoms with Crippen LogP contribution in [0.15, 0.2) is 24.5 Å². The van der Waals surface area contributed by atoms with Crippen LogP contribution < -0.4 is 5.32 Å². The molecule has 3 heterocycles. The summed E-state index contributed by atoms with van der Waals surface area (Å²) in [6.07, 6.45) is 3.09. The van der Waals surface area contributed by atoms with Gasteiger partial charge in [-0.15, -0.1) is 11.3 Å². The summed E-state index contributed by atoms with van der Waals surface area (Å²) in [6, 6.07) is 3.64. The second-order valence-corrected chi connectivity index (χ2v) is 5.28. The number of fused-ring (bicyclic) bond motifs is 3. The molecule has 1 amide bonds. The molecule has 0 aliphatic heterocycles. The molecule has 7 nitrogen and oxygen atoms in total. The van der Waals surface area contributed by atoms with Gasteiger partial charge in [0.15, 0.2) is 11.4 Å². The second-order valence-electron chi connectivity index (χ2n) is 4.23. The quantitative estimate of drug-likeness (QED) is 0.673. The highest BCUT2D eigenvalue weighted by Gasteiger charge is 2.19. The first-order chi connectivity index (χ1) is 10.1. The molecule has 3 aromatic rings. The number of aliphatic carboxylic acids is 1. The largest absolute Gasteiger partial charge is 0.504 e. The normalized spacial score (nSPS) is 10.9. The lowest BCUT2D eigenvalue weighted by Crippen LogP contribution is -2.29. The van der Waals surface area contributed by atoms with E-state index in [-0.39, 0.29) is 11.4 Å². The van der Waals surface area contributed by atoms with Gasteiger partial charge in [-0.25, -0.2) is 4.98 Å². The highest BCUT2D eigenvalue weighted by molar-refractivity contribution is 7.26. The van der Waals surface area contributed by atoms with Crippen LogP contribution in [0, 0.1) is 0 Å². The van der Waals surface area contributed by atoms with Crippen LogP contribution >= 0.6 is 11.3 Å². The lowest BCUT2D eigenvalue weighted by atomic mass is 10.2. The number of hydrogen-bond donors (Lipinski definition) is 3. The zero-order chi connectivity index (χ0) is 15.0. The van der Waals surface area contributed by atoms with Crippen molar-refractivity contribution in [1.82, 2.24) is 15.3 Å². The van der Waals surface area contributed by atoms with Crippen molar-refractivity contribution in [1.29, 1.82) is 0 Å². The van der Waals surface area contributed by atoms with E-state index >= 15 is 0 Å². The molecule has 0 spiro atoms. The first-order valence-corrected chi connectivity index (χ1v) is 6.74. The number of aromatic hydroxyl groups is 1. The van der Waals surface area contributed by atoms with Crippen LogP contribution in [0.4, 0.5) is 0 Å². The van der Waals surface area contributed by atoms with E-state index in [9.17, 15) is 14.7 Å². The van der Waals surface area contributed by atoms with Crippen molar-refractivity contribution in [3.8, 4) is 5.75 Å². The molecule has 0 unspecified atom stereocenters. The predicted octanol–water partition coefficient (Wildman–Crippen LogP) is 1.36. The van der Waals surface area contributed by atoms with Gasteiger partial charge in [-0.05, 0) is 12.1 Å². The molecule has 0 aromatic carbocycles. The number of carboxylic acids is 1. The first-order valence-electron chi connectivity index (χ1n) is 5.93. The van der Waals surface area contributed by atoms with Gasteiger partial charge in [0.2, 0.25) is 0 Å². The topological polar surface area (TPSA) is 112 Å². The Morgan fingerprint density at radius 3 is 2.90 bits per heavy atom. The smallest absolute Gasteiger partial charge is 0.322 e. The van der Waals surface area contributed by atoms with Gasteiger partial charge >= 0.3 is 5.97 Å². The van der Waals surface area contributed by atoms with E-state index in [1.165, 1.54) is 17.5 Å². The maximum absolute atomic E-state index is 11.8. The Hall–Kier alpha value is -2.74. The Bertz CT molecular complexity index is 874. The average molecular weight is 303 g/mol. The minimum Gasteiger partial charge on any atom is -0.504 e. The standard InChI is InChI=1S/C13H9N3O4S/c17-8(18)5-16-13(20)10-11(19)12-6(4-15-10)9-7(21-12)2-1-3-14-9/h1-4,19H,5H2,(H,16,20)(H,17,18). The van der Waals surface area contributed by atoms with Gasteiger partial charge in [0.1, 0.15) is 6.54 Å². The van der Waals surface area contributed by atoms with Gasteiger partial charge in [-0.3, -0.25) is 14.6 Å². The van der Waals surface area contributed by atoms with E-state index in [0.717, 1.165) is 4.70 Å². The number of amides is 1. The van der Waals surface area contributed by atoms with E-state index in [0.29, 0.717) is 15.6 Å². The SMILES string of the molecule is O=C(O)CNC(=O)c1ncc2c(sc3cccnc32)c1O. The highest BCUT2D eigenvalue weighted by atomic mass is 32.1. The van der Waals surface area contributed by atoms with E-state index in [1.807, 2.05) is 6.07 Å². The van der Waals surface area contributed by atoms with Crippen molar-refractivity contribution in [2.24, 2.45) is 0 Å². The molecule has 3 aromatic heterocycles. The molecule has 0 aliphatic rings. The third-order valence-electron chi connectivity index (χ3n) is 2.86. The van der Waals surface area contributed by atoms with Gasteiger partial charge in [0, 0.05) is 17.8 Å². The molecule has 0 fully saturated rings. The molecule has 0 radical (unpaired) electrons. The number of carbonyl (C=O) groups excluding carboxylic acids is 1. The van der Waals surface area contributed by atoms with Crippen LogP contribution in [0.5, 0.6) is 5.75 Å². The maximum Gasteiger partial charge on any atom is 0.322 e. The minimum atomic E-state index is -1.17. The number of carboxylic acid groups (broad SMARTS) is 1. The molecule has 106 valence electrons. The second kappa shape index (κ2) is 4.98. The van der Waals surface area contributed by atoms with Crippen molar-refractivity contribution in [2.75, 3.05) is 6.54 Å². The van der Waals surface area contributed by atoms with Crippen molar-refractivity contribution < 1.29 is 19.8 Å². The third kappa shape index (κ3) is 2.25. The number of pyridine rings is 2. The molecular weight excluding hydrogens is 294 g/mol. The Morgan fingerprint density at radius 1 is 1.33 bits per heavy atom. The van der Waals surface area contributed by atoms with Crippen molar-refractivity contribution >= 4 is 43.5 Å². The summed E-state index contributed by atoms with van der Waals surface area (Å²) in [5.41, 5.74) is 0.508. The molecule has 3 rings (SSSR count). The number of hydrogen-bond acceptors (Lipinski definition) is 6. The maximum atomic E-state index is 11.8. The van der Waals surface area contributed by atoms with E-state index < -0.39 is 18.4 Å². The number of thiophene rings is 1. The van der Waals surface area contributed by atoms with E-state index in [1.54, 1.807) is 12.3 Å². The van der Waals surface area contributed by atoms with Crippen LogP contribution in [0.25, 0.3) is 20.3 Å². The molecule has 0 bridgehead atoms. The van der Waals surface area contributed by atoms with Gasteiger partial charge in [-0.2, -0.15) is 0 Å². The van der Waals surface area contributed by atoms with E-state index in [2.05, 4.69) is 15.3 Å². The molecule has 21 heavy (non-hydrogen) atoms. The zero-order valence-corrected chi connectivity index (χ0v) is 11.3. The number of rotatable bonds is 3. The molecule has 0 aliphatic carbocycles. The fraction of sp³-hybridized carbons (Fsp3) is 0.0769. The third-order valence-corrected chi connectivity index (χ3v) is 4.03. The Kier molecular flexibility index (Phi) is 3.15. The summed E-state index contributed by atoms with van der Waals surface area (Å²) < 4.78 is 1.37. The van der Waals surface area contributed by atoms with Crippen molar-refractivity contribution in [2.45, 2.75) is 0 Å². The van der Waals surface area contributed by atoms with E-state index in [4.69, 9.17) is 5.11 Å². The molecular formula is C13H9N3O4S. The van der Waals surface area contributed by atoms with Crippen molar-refractivity contribution in [3.05, 3.63) is 30.2 Å². The zero-order valence-electron chi connectivity index (χ0n) is 10.5. The minimum absolute atomic E-state index is 0.199. The van der Waals surface area contributed by atoms with Crippen LogP contribution in [-0.4, -0.2) is 38.6 Å². The lowest BCUT2D eigenvalue weighted by Gasteiger charge is -2.04. The van der Waals surface area contributed by atoms with Gasteiger partial charge < -0.3 is 15.5 Å². The Morgan fingerprint density at radius 2 is 2.14 bits per heavy atom. The first kappa shape index (κ1) is 13.3. The number of nitrogens with one attached hydrogen (secondary N) is 1. The Labute approximate surface area is 121 Å². The lowest BCUT2D eigenvalue weighted by molar-refractivity contribution is -0.135. The molecule has 0 saturated carbocycles. The monoisotopic (exact) mass is 303 g/mol. The summed E-state index contributed by atoms with van der Waals surface area (Å²) in [5.74, 6) is -2.17. The summed E-state index contributed by atoms with van der Waals surface area (Å²) in [4.78, 5) is 30.4.